The van der Waals surface area contributed by atoms with Gasteiger partial charge in [0, 0.05) is 0 Å². The Bertz CT molecular complexity index is 581. The zero-order chi connectivity index (χ0) is 13.8. The normalized spacial score (nSPS) is 11.9. The van der Waals surface area contributed by atoms with Gasteiger partial charge in [-0.15, -0.1) is 0 Å². The molecule has 0 unspecified atom stereocenters. The maximum absolute atomic E-state index is 10.7. The number of carboxylic acids is 1. The van der Waals surface area contributed by atoms with Crippen LogP contribution in [0.15, 0.2) is 48.5 Å². The van der Waals surface area contributed by atoms with E-state index in [4.69, 9.17) is 21.4 Å². The van der Waals surface area contributed by atoms with Crippen LogP contribution >= 0.6 is 11.6 Å². The fourth-order valence-corrected chi connectivity index (χ4v) is 1.87. The molecule has 3 nitrogen and oxygen atoms in total. The van der Waals surface area contributed by atoms with Crippen LogP contribution in [0.3, 0.4) is 0 Å². The average molecular weight is 277 g/mol. The van der Waals surface area contributed by atoms with E-state index < -0.39 is 12.1 Å². The summed E-state index contributed by atoms with van der Waals surface area (Å²) >= 11 is 6.11. The van der Waals surface area contributed by atoms with Crippen LogP contribution in [0.4, 0.5) is 0 Å². The van der Waals surface area contributed by atoms with Gasteiger partial charge in [-0.1, -0.05) is 48.0 Å². The van der Waals surface area contributed by atoms with Gasteiger partial charge in [0.1, 0.15) is 5.75 Å². The molecule has 2 aromatic carbocycles. The van der Waals surface area contributed by atoms with Crippen molar-refractivity contribution >= 4 is 17.6 Å². The van der Waals surface area contributed by atoms with Gasteiger partial charge in [0.2, 0.25) is 0 Å². The Morgan fingerprint density at radius 1 is 1.16 bits per heavy atom. The molecule has 0 saturated heterocycles. The van der Waals surface area contributed by atoms with E-state index in [1.165, 1.54) is 6.92 Å². The van der Waals surface area contributed by atoms with Crippen LogP contribution in [0, 0.1) is 0 Å². The number of aliphatic carboxylic acids is 1. The molecule has 0 radical (unpaired) electrons. The van der Waals surface area contributed by atoms with E-state index in [9.17, 15) is 4.79 Å². The molecule has 19 heavy (non-hydrogen) atoms. The number of hydrogen-bond donors (Lipinski definition) is 1. The number of halogens is 1. The second-order valence-electron chi connectivity index (χ2n) is 4.11. The molecule has 4 heteroatoms. The minimum absolute atomic E-state index is 0.372. The monoisotopic (exact) mass is 276 g/mol. The summed E-state index contributed by atoms with van der Waals surface area (Å²) in [5.41, 5.74) is 2.00. The molecule has 0 aliphatic heterocycles. The lowest BCUT2D eigenvalue weighted by molar-refractivity contribution is -0.144. The van der Waals surface area contributed by atoms with E-state index in [2.05, 4.69) is 0 Å². The van der Waals surface area contributed by atoms with Crippen LogP contribution in [0.5, 0.6) is 5.75 Å². The molecule has 0 amide bonds. The third-order valence-corrected chi connectivity index (χ3v) is 2.99. The van der Waals surface area contributed by atoms with Crippen molar-refractivity contribution in [2.75, 3.05) is 0 Å². The highest BCUT2D eigenvalue weighted by Crippen LogP contribution is 2.30. The van der Waals surface area contributed by atoms with Crippen molar-refractivity contribution < 1.29 is 14.6 Å². The zero-order valence-corrected chi connectivity index (χ0v) is 11.1. The SMILES string of the molecule is C[C@H](Oc1ccc(-c2ccccc2)cc1Cl)C(=O)O. The van der Waals surface area contributed by atoms with E-state index in [0.717, 1.165) is 11.1 Å². The van der Waals surface area contributed by atoms with Crippen molar-refractivity contribution in [1.29, 1.82) is 0 Å². The van der Waals surface area contributed by atoms with Gasteiger partial charge in [0.05, 0.1) is 5.02 Å². The molecule has 0 heterocycles. The summed E-state index contributed by atoms with van der Waals surface area (Å²) in [7, 11) is 0. The van der Waals surface area contributed by atoms with E-state index in [0.29, 0.717) is 10.8 Å². The van der Waals surface area contributed by atoms with E-state index in [-0.39, 0.29) is 0 Å². The average Bonchev–Trinajstić information content (AvgIpc) is 2.41. The highest BCUT2D eigenvalue weighted by Gasteiger charge is 2.14. The van der Waals surface area contributed by atoms with Crippen LogP contribution in [-0.2, 0) is 4.79 Å². The Labute approximate surface area is 116 Å². The molecule has 2 aromatic rings. The molecule has 0 bridgehead atoms. The number of hydrogen-bond acceptors (Lipinski definition) is 2. The van der Waals surface area contributed by atoms with Crippen LogP contribution in [0.1, 0.15) is 6.92 Å². The predicted molar refractivity (Wildman–Crippen MR) is 74.6 cm³/mol. The molecule has 98 valence electrons. The van der Waals surface area contributed by atoms with Gasteiger partial charge in [-0.2, -0.15) is 0 Å². The van der Waals surface area contributed by atoms with Crippen molar-refractivity contribution in [3.05, 3.63) is 53.6 Å². The molecule has 0 fully saturated rings. The van der Waals surface area contributed by atoms with Crippen LogP contribution in [0.2, 0.25) is 5.02 Å². The first kappa shape index (κ1) is 13.4. The second kappa shape index (κ2) is 5.76. The van der Waals surface area contributed by atoms with Crippen molar-refractivity contribution in [3.8, 4) is 16.9 Å². The van der Waals surface area contributed by atoms with Gasteiger partial charge >= 0.3 is 5.97 Å². The number of benzene rings is 2. The Balaban J connectivity index is 2.25. The lowest BCUT2D eigenvalue weighted by atomic mass is 10.1. The first-order chi connectivity index (χ1) is 9.08. The minimum atomic E-state index is -1.02. The number of carboxylic acid groups (broad SMARTS) is 1. The molecule has 2 rings (SSSR count). The first-order valence-electron chi connectivity index (χ1n) is 5.82. The summed E-state index contributed by atoms with van der Waals surface area (Å²) in [6, 6.07) is 15.1. The van der Waals surface area contributed by atoms with E-state index in [1.807, 2.05) is 36.4 Å². The molecular formula is C15H13ClO3. The zero-order valence-electron chi connectivity index (χ0n) is 10.3. The van der Waals surface area contributed by atoms with Crippen molar-refractivity contribution in [2.45, 2.75) is 13.0 Å². The van der Waals surface area contributed by atoms with Crippen LogP contribution < -0.4 is 4.74 Å². The fourth-order valence-electron chi connectivity index (χ4n) is 1.65. The third kappa shape index (κ3) is 3.26. The van der Waals surface area contributed by atoms with Gasteiger partial charge in [0.15, 0.2) is 6.10 Å². The number of rotatable bonds is 4. The Morgan fingerprint density at radius 2 is 1.84 bits per heavy atom. The molecule has 0 saturated carbocycles. The van der Waals surface area contributed by atoms with Gasteiger partial charge < -0.3 is 9.84 Å². The standard InChI is InChI=1S/C15H13ClO3/c1-10(15(17)18)19-14-8-7-12(9-13(14)16)11-5-3-2-4-6-11/h2-10H,1H3,(H,17,18)/t10-/m0/s1. The molecule has 0 aliphatic rings. The third-order valence-electron chi connectivity index (χ3n) is 2.69. The summed E-state index contributed by atoms with van der Waals surface area (Å²) in [6.07, 6.45) is -0.930. The number of carbonyl (C=O) groups is 1. The van der Waals surface area contributed by atoms with Crippen molar-refractivity contribution in [1.82, 2.24) is 0 Å². The summed E-state index contributed by atoms with van der Waals surface area (Å²) in [5.74, 6) is -0.653. The smallest absolute Gasteiger partial charge is 0.344 e. The van der Waals surface area contributed by atoms with Crippen LogP contribution in [-0.4, -0.2) is 17.2 Å². The molecule has 1 atom stereocenters. The second-order valence-corrected chi connectivity index (χ2v) is 4.52. The maximum Gasteiger partial charge on any atom is 0.344 e. The first-order valence-corrected chi connectivity index (χ1v) is 6.20. The lowest BCUT2D eigenvalue weighted by Gasteiger charge is -2.12. The Morgan fingerprint density at radius 3 is 2.42 bits per heavy atom. The highest BCUT2D eigenvalue weighted by molar-refractivity contribution is 6.32. The molecular weight excluding hydrogens is 264 g/mol. The number of ether oxygens (including phenoxy) is 1. The van der Waals surface area contributed by atoms with Crippen molar-refractivity contribution in [3.63, 3.8) is 0 Å². The van der Waals surface area contributed by atoms with Crippen molar-refractivity contribution in [2.24, 2.45) is 0 Å². The fraction of sp³-hybridized carbons (Fsp3) is 0.133. The molecule has 0 aromatic heterocycles. The molecule has 0 spiro atoms. The van der Waals surface area contributed by atoms with E-state index in [1.54, 1.807) is 12.1 Å². The van der Waals surface area contributed by atoms with Gasteiger partial charge in [-0.25, -0.2) is 4.79 Å². The van der Waals surface area contributed by atoms with Crippen LogP contribution in [0.25, 0.3) is 11.1 Å². The van der Waals surface area contributed by atoms with Gasteiger partial charge in [0.25, 0.3) is 0 Å². The predicted octanol–water partition coefficient (Wildman–Crippen LogP) is 3.86. The minimum Gasteiger partial charge on any atom is -0.479 e. The van der Waals surface area contributed by atoms with Gasteiger partial charge in [-0.05, 0) is 30.2 Å². The molecule has 0 aliphatic carbocycles. The molecule has 1 N–H and O–H groups in total. The summed E-state index contributed by atoms with van der Waals surface area (Å²) in [4.78, 5) is 10.7. The van der Waals surface area contributed by atoms with Gasteiger partial charge in [-0.3, -0.25) is 0 Å². The Kier molecular flexibility index (Phi) is 4.07. The lowest BCUT2D eigenvalue weighted by Crippen LogP contribution is -2.22. The quantitative estimate of drug-likeness (QED) is 0.922. The summed E-state index contributed by atoms with van der Waals surface area (Å²) < 4.78 is 5.27. The summed E-state index contributed by atoms with van der Waals surface area (Å²) in [5, 5.41) is 9.20. The largest absolute Gasteiger partial charge is 0.479 e. The topological polar surface area (TPSA) is 46.5 Å². The Hall–Kier alpha value is -2.00. The van der Waals surface area contributed by atoms with E-state index >= 15 is 0 Å². The highest BCUT2D eigenvalue weighted by atomic mass is 35.5. The summed E-state index contributed by atoms with van der Waals surface area (Å²) in [6.45, 7) is 1.46. The maximum atomic E-state index is 10.7.